The predicted molar refractivity (Wildman–Crippen MR) is 75.2 cm³/mol. The minimum absolute atomic E-state index is 0.0240. The van der Waals surface area contributed by atoms with E-state index in [9.17, 15) is 17.6 Å². The maximum absolute atomic E-state index is 13.3. The Morgan fingerprint density at radius 2 is 1.71 bits per heavy atom. The Bertz CT molecular complexity index is 651. The van der Waals surface area contributed by atoms with Crippen LogP contribution in [0.15, 0.2) is 36.4 Å². The van der Waals surface area contributed by atoms with Gasteiger partial charge in [0.1, 0.15) is 5.75 Å². The van der Waals surface area contributed by atoms with E-state index in [0.29, 0.717) is 5.56 Å². The van der Waals surface area contributed by atoms with Gasteiger partial charge in [-0.3, -0.25) is 0 Å². The van der Waals surface area contributed by atoms with Crippen molar-refractivity contribution in [1.29, 1.82) is 0 Å². The molecule has 1 unspecified atom stereocenters. The molecule has 0 aliphatic heterocycles. The molecule has 0 heterocycles. The first-order chi connectivity index (χ1) is 9.88. The normalized spacial score (nSPS) is 12.5. The molecular weight excluding hydrogens is 376 g/mol. The van der Waals surface area contributed by atoms with Crippen molar-refractivity contribution in [2.75, 3.05) is 0 Å². The lowest BCUT2D eigenvalue weighted by atomic mass is 10.0. The molecule has 0 aliphatic carbocycles. The minimum atomic E-state index is -2.94. The lowest BCUT2D eigenvalue weighted by molar-refractivity contribution is -0.0498. The molecule has 0 radical (unpaired) electrons. The van der Waals surface area contributed by atoms with E-state index >= 15 is 0 Å². The molecule has 0 fully saturated rings. The van der Waals surface area contributed by atoms with E-state index in [1.54, 1.807) is 6.07 Å². The average Bonchev–Trinajstić information content (AvgIpc) is 2.41. The van der Waals surface area contributed by atoms with Gasteiger partial charge in [-0.05, 0) is 35.4 Å². The molecule has 2 aromatic carbocycles. The van der Waals surface area contributed by atoms with Crippen molar-refractivity contribution in [3.05, 3.63) is 64.2 Å². The maximum atomic E-state index is 13.3. The quantitative estimate of drug-likeness (QED) is 0.374. The van der Waals surface area contributed by atoms with Crippen molar-refractivity contribution < 1.29 is 22.3 Å². The Morgan fingerprint density at radius 1 is 1.05 bits per heavy atom. The molecule has 0 saturated heterocycles. The topological polar surface area (TPSA) is 9.23 Å². The van der Waals surface area contributed by atoms with Gasteiger partial charge in [-0.2, -0.15) is 8.78 Å². The van der Waals surface area contributed by atoms with Gasteiger partial charge in [0.25, 0.3) is 0 Å². The second-order valence-electron chi connectivity index (χ2n) is 4.10. The van der Waals surface area contributed by atoms with Gasteiger partial charge in [-0.15, -0.1) is 0 Å². The zero-order chi connectivity index (χ0) is 15.6. The molecule has 0 amide bonds. The van der Waals surface area contributed by atoms with Gasteiger partial charge in [0.15, 0.2) is 11.6 Å². The predicted octanol–water partition coefficient (Wildman–Crippen LogP) is 5.70. The second-order valence-corrected chi connectivity index (χ2v) is 5.42. The van der Waals surface area contributed by atoms with Crippen LogP contribution in [0.3, 0.4) is 0 Å². The van der Waals surface area contributed by atoms with Crippen LogP contribution < -0.4 is 4.74 Å². The molecule has 1 nitrogen and oxygen atoms in total. The maximum Gasteiger partial charge on any atom is 0.387 e. The summed E-state index contributed by atoms with van der Waals surface area (Å²) in [5.41, 5.74) is 0.797. The van der Waals surface area contributed by atoms with Crippen LogP contribution in [-0.2, 0) is 0 Å². The third-order valence-electron chi connectivity index (χ3n) is 2.69. The number of alkyl halides is 3. The summed E-state index contributed by atoms with van der Waals surface area (Å²) in [5.74, 6) is -2.14. The second kappa shape index (κ2) is 6.66. The van der Waals surface area contributed by atoms with E-state index in [1.807, 2.05) is 0 Å². The monoisotopic (exact) mass is 382 g/mol. The summed E-state index contributed by atoms with van der Waals surface area (Å²) in [6, 6.07) is 7.67. The Morgan fingerprint density at radius 3 is 2.38 bits per heavy atom. The third-order valence-corrected chi connectivity index (χ3v) is 4.04. The Kier molecular flexibility index (Phi) is 5.11. The number of benzene rings is 2. The first kappa shape index (κ1) is 16.1. The largest absolute Gasteiger partial charge is 0.435 e. The molecule has 7 heteroatoms. The molecule has 0 aromatic heterocycles. The van der Waals surface area contributed by atoms with Gasteiger partial charge in [0.2, 0.25) is 0 Å². The zero-order valence-corrected chi connectivity index (χ0v) is 12.6. The summed E-state index contributed by atoms with van der Waals surface area (Å²) in [4.78, 5) is -0.596. The zero-order valence-electron chi connectivity index (χ0n) is 10.3. The van der Waals surface area contributed by atoms with Crippen LogP contribution in [0.25, 0.3) is 0 Å². The molecular formula is C14H8BrClF4O. The smallest absolute Gasteiger partial charge is 0.387 e. The molecule has 0 aliphatic rings. The van der Waals surface area contributed by atoms with Crippen LogP contribution in [0.5, 0.6) is 5.75 Å². The minimum Gasteiger partial charge on any atom is -0.435 e. The number of ether oxygens (including phenoxy) is 1. The molecule has 0 bridgehead atoms. The van der Waals surface area contributed by atoms with Crippen LogP contribution in [0.1, 0.15) is 16.0 Å². The number of hydrogen-bond donors (Lipinski definition) is 0. The molecule has 0 saturated carbocycles. The lowest BCUT2D eigenvalue weighted by Gasteiger charge is -2.14. The first-order valence-electron chi connectivity index (χ1n) is 5.71. The molecule has 1 atom stereocenters. The SMILES string of the molecule is Fc1cc(Cl)c(C(Br)c2cccc(OC(F)F)c2)cc1F. The van der Waals surface area contributed by atoms with E-state index in [2.05, 4.69) is 20.7 Å². The Hall–Kier alpha value is -1.27. The Labute approximate surface area is 131 Å². The molecule has 112 valence electrons. The lowest BCUT2D eigenvalue weighted by Crippen LogP contribution is -2.03. The molecule has 21 heavy (non-hydrogen) atoms. The fourth-order valence-electron chi connectivity index (χ4n) is 1.76. The molecule has 0 spiro atoms. The number of halogens is 6. The van der Waals surface area contributed by atoms with Crippen LogP contribution in [0, 0.1) is 11.6 Å². The highest BCUT2D eigenvalue weighted by atomic mass is 79.9. The van der Waals surface area contributed by atoms with Crippen LogP contribution >= 0.6 is 27.5 Å². The van der Waals surface area contributed by atoms with E-state index in [1.165, 1.54) is 18.2 Å². The van der Waals surface area contributed by atoms with E-state index in [0.717, 1.165) is 12.1 Å². The van der Waals surface area contributed by atoms with Crippen molar-refractivity contribution in [3.63, 3.8) is 0 Å². The van der Waals surface area contributed by atoms with Crippen molar-refractivity contribution in [1.82, 2.24) is 0 Å². The van der Waals surface area contributed by atoms with Crippen molar-refractivity contribution in [3.8, 4) is 5.75 Å². The molecule has 2 aromatic rings. The highest BCUT2D eigenvalue weighted by Crippen LogP contribution is 2.37. The van der Waals surface area contributed by atoms with Gasteiger partial charge >= 0.3 is 6.61 Å². The van der Waals surface area contributed by atoms with Gasteiger partial charge in [-0.1, -0.05) is 39.7 Å². The van der Waals surface area contributed by atoms with Crippen LogP contribution in [-0.4, -0.2) is 6.61 Å². The standard InChI is InChI=1S/C14H8BrClF4O/c15-13(9-5-11(17)12(18)6-10(9)16)7-2-1-3-8(4-7)21-14(19)20/h1-6,13-14H. The summed E-state index contributed by atoms with van der Waals surface area (Å²) in [5, 5.41) is 0.0240. The van der Waals surface area contributed by atoms with Gasteiger partial charge in [0, 0.05) is 5.02 Å². The van der Waals surface area contributed by atoms with Crippen molar-refractivity contribution in [2.24, 2.45) is 0 Å². The fraction of sp³-hybridized carbons (Fsp3) is 0.143. The third kappa shape index (κ3) is 3.89. The van der Waals surface area contributed by atoms with Crippen molar-refractivity contribution >= 4 is 27.5 Å². The molecule has 0 N–H and O–H groups in total. The van der Waals surface area contributed by atoms with Crippen LogP contribution in [0.4, 0.5) is 17.6 Å². The van der Waals surface area contributed by atoms with E-state index in [-0.39, 0.29) is 16.3 Å². The van der Waals surface area contributed by atoms with Crippen LogP contribution in [0.2, 0.25) is 5.02 Å². The fourth-order valence-corrected chi connectivity index (χ4v) is 2.81. The highest BCUT2D eigenvalue weighted by molar-refractivity contribution is 9.09. The summed E-state index contributed by atoms with van der Waals surface area (Å²) in [6.45, 7) is -2.94. The van der Waals surface area contributed by atoms with E-state index in [4.69, 9.17) is 11.6 Å². The summed E-state index contributed by atoms with van der Waals surface area (Å²) >= 11 is 9.17. The summed E-state index contributed by atoms with van der Waals surface area (Å²) in [6.07, 6.45) is 0. The highest BCUT2D eigenvalue weighted by Gasteiger charge is 2.18. The van der Waals surface area contributed by atoms with Gasteiger partial charge < -0.3 is 4.74 Å². The first-order valence-corrected chi connectivity index (χ1v) is 7.01. The molecule has 2 rings (SSSR count). The van der Waals surface area contributed by atoms with Gasteiger partial charge in [0.05, 0.1) is 4.83 Å². The van der Waals surface area contributed by atoms with E-state index < -0.39 is 23.1 Å². The van der Waals surface area contributed by atoms with Crippen molar-refractivity contribution in [2.45, 2.75) is 11.4 Å². The van der Waals surface area contributed by atoms with Gasteiger partial charge in [-0.25, -0.2) is 8.78 Å². The summed E-state index contributed by atoms with van der Waals surface area (Å²) < 4.78 is 55.0. The Balaban J connectivity index is 2.36. The number of hydrogen-bond acceptors (Lipinski definition) is 1. The number of rotatable bonds is 4. The summed E-state index contributed by atoms with van der Waals surface area (Å²) in [7, 11) is 0. The average molecular weight is 384 g/mol.